The Kier molecular flexibility index (Phi) is 9.86. The quantitative estimate of drug-likeness (QED) is 0.889. The molecule has 7 heteroatoms. The lowest BCUT2D eigenvalue weighted by atomic mass is 10.0. The van der Waals surface area contributed by atoms with Crippen molar-refractivity contribution in [3.63, 3.8) is 0 Å². The van der Waals surface area contributed by atoms with Crippen LogP contribution in [0.15, 0.2) is 24.3 Å². The largest absolute Gasteiger partial charge is 0.494 e. The highest BCUT2D eigenvalue weighted by atomic mass is 35.5. The van der Waals surface area contributed by atoms with Gasteiger partial charge in [-0.05, 0) is 13.0 Å². The maximum Gasteiger partial charge on any atom is 0.258 e. The van der Waals surface area contributed by atoms with E-state index in [2.05, 4.69) is 5.32 Å². The van der Waals surface area contributed by atoms with Gasteiger partial charge in [-0.1, -0.05) is 18.2 Å². The van der Waals surface area contributed by atoms with E-state index in [4.69, 9.17) is 4.74 Å². The van der Waals surface area contributed by atoms with Gasteiger partial charge in [0.2, 0.25) is 0 Å². The molecule has 0 aromatic heterocycles. The minimum absolute atomic E-state index is 0. The molecule has 0 unspecified atom stereocenters. The van der Waals surface area contributed by atoms with E-state index in [0.29, 0.717) is 31.0 Å². The summed E-state index contributed by atoms with van der Waals surface area (Å²) in [5.74, 6) is 0.564. The van der Waals surface area contributed by atoms with Crippen LogP contribution in [0.5, 0.6) is 5.75 Å². The van der Waals surface area contributed by atoms with Crippen LogP contribution in [0.25, 0.3) is 0 Å². The van der Waals surface area contributed by atoms with Gasteiger partial charge in [-0.15, -0.1) is 24.8 Å². The van der Waals surface area contributed by atoms with Crippen LogP contribution in [-0.4, -0.2) is 44.1 Å². The maximum absolute atomic E-state index is 13.5. The van der Waals surface area contributed by atoms with Crippen LogP contribution < -0.4 is 10.1 Å². The van der Waals surface area contributed by atoms with Gasteiger partial charge in [0.1, 0.15) is 5.75 Å². The molecule has 1 saturated heterocycles. The smallest absolute Gasteiger partial charge is 0.258 e. The number of benzene rings is 1. The second-order valence-electron chi connectivity index (χ2n) is 4.54. The number of rotatable bonds is 5. The van der Waals surface area contributed by atoms with Crippen LogP contribution in [0, 0.1) is 0 Å². The average Bonchev–Trinajstić information content (AvgIpc) is 2.42. The van der Waals surface area contributed by atoms with E-state index in [0.717, 1.165) is 13.1 Å². The van der Waals surface area contributed by atoms with Gasteiger partial charge in [0.15, 0.2) is 0 Å². The Hall–Kier alpha value is -0.620. The lowest BCUT2D eigenvalue weighted by molar-refractivity contribution is 0.0168. The Morgan fingerprint density at radius 3 is 2.38 bits per heavy atom. The van der Waals surface area contributed by atoms with Crippen LogP contribution in [0.3, 0.4) is 0 Å². The van der Waals surface area contributed by atoms with E-state index >= 15 is 0 Å². The molecule has 0 radical (unpaired) electrons. The number of hydrogen-bond donors (Lipinski definition) is 1. The van der Waals surface area contributed by atoms with Gasteiger partial charge in [0, 0.05) is 31.7 Å². The van der Waals surface area contributed by atoms with E-state index in [-0.39, 0.29) is 24.8 Å². The zero-order chi connectivity index (χ0) is 13.7. The Morgan fingerprint density at radius 2 is 1.81 bits per heavy atom. The van der Waals surface area contributed by atoms with Crippen molar-refractivity contribution in [3.8, 4) is 5.75 Å². The molecule has 1 heterocycles. The van der Waals surface area contributed by atoms with Crippen LogP contribution in [0.4, 0.5) is 8.78 Å². The normalized spacial score (nSPS) is 16.8. The van der Waals surface area contributed by atoms with Crippen molar-refractivity contribution in [3.05, 3.63) is 29.8 Å². The van der Waals surface area contributed by atoms with Gasteiger partial charge in [-0.2, -0.15) is 0 Å². The van der Waals surface area contributed by atoms with Crippen LogP contribution in [-0.2, 0) is 0 Å². The first-order valence-corrected chi connectivity index (χ1v) is 6.68. The van der Waals surface area contributed by atoms with E-state index in [9.17, 15) is 8.78 Å². The molecule has 0 aliphatic carbocycles. The van der Waals surface area contributed by atoms with Gasteiger partial charge < -0.3 is 10.1 Å². The first-order valence-electron chi connectivity index (χ1n) is 6.68. The number of alkyl halides is 2. The Morgan fingerprint density at radius 1 is 1.19 bits per heavy atom. The zero-order valence-corrected chi connectivity index (χ0v) is 13.6. The summed E-state index contributed by atoms with van der Waals surface area (Å²) < 4.78 is 32.4. The molecule has 21 heavy (non-hydrogen) atoms. The van der Waals surface area contributed by atoms with Crippen LogP contribution in [0.1, 0.15) is 18.5 Å². The third-order valence-corrected chi connectivity index (χ3v) is 3.32. The predicted molar refractivity (Wildman–Crippen MR) is 85.3 cm³/mol. The average molecular weight is 343 g/mol. The molecule has 0 amide bonds. The second-order valence-corrected chi connectivity index (χ2v) is 4.54. The molecule has 1 aliphatic rings. The van der Waals surface area contributed by atoms with Gasteiger partial charge in [-0.3, -0.25) is 4.90 Å². The highest BCUT2D eigenvalue weighted by Crippen LogP contribution is 2.34. The maximum atomic E-state index is 13.5. The third kappa shape index (κ3) is 5.25. The summed E-state index contributed by atoms with van der Waals surface area (Å²) in [6.07, 6.45) is -2.42. The molecule has 2 rings (SSSR count). The molecule has 1 atom stereocenters. The lowest BCUT2D eigenvalue weighted by Crippen LogP contribution is -2.47. The van der Waals surface area contributed by atoms with Crippen molar-refractivity contribution in [1.29, 1.82) is 0 Å². The molecule has 0 bridgehead atoms. The first kappa shape index (κ1) is 20.4. The molecule has 1 aromatic rings. The Labute approximate surface area is 136 Å². The number of ether oxygens (including phenoxy) is 1. The first-order chi connectivity index (χ1) is 9.24. The molecular formula is C14H22Cl2F2N2O. The Bertz CT molecular complexity index is 404. The molecular weight excluding hydrogens is 321 g/mol. The third-order valence-electron chi connectivity index (χ3n) is 3.32. The lowest BCUT2D eigenvalue weighted by Gasteiger charge is -2.35. The van der Waals surface area contributed by atoms with Crippen molar-refractivity contribution in [2.24, 2.45) is 0 Å². The molecule has 122 valence electrons. The second kappa shape index (κ2) is 10.2. The fourth-order valence-electron chi connectivity index (χ4n) is 2.46. The molecule has 1 N–H and O–H groups in total. The van der Waals surface area contributed by atoms with Crippen LogP contribution >= 0.6 is 24.8 Å². The standard InChI is InChI=1S/C14H20F2N2O.2ClH/c1-2-19-12-6-4-3-5-11(12)13(14(15)16)18-9-7-17-8-10-18;;/h3-6,13-14,17H,2,7-10H2,1H3;2*1H/t13-;;/m1../s1. The van der Waals surface area contributed by atoms with Crippen molar-refractivity contribution < 1.29 is 13.5 Å². The zero-order valence-electron chi connectivity index (χ0n) is 11.9. The molecule has 3 nitrogen and oxygen atoms in total. The van der Waals surface area contributed by atoms with Gasteiger partial charge >= 0.3 is 0 Å². The van der Waals surface area contributed by atoms with Gasteiger partial charge in [-0.25, -0.2) is 8.78 Å². The number of para-hydroxylation sites is 1. The highest BCUT2D eigenvalue weighted by Gasteiger charge is 2.32. The predicted octanol–water partition coefficient (Wildman–Crippen LogP) is 3.14. The number of piperazine rings is 1. The number of nitrogens with zero attached hydrogens (tertiary/aromatic N) is 1. The van der Waals surface area contributed by atoms with Crippen molar-refractivity contribution >= 4 is 24.8 Å². The molecule has 1 fully saturated rings. The monoisotopic (exact) mass is 342 g/mol. The number of hydrogen-bond acceptors (Lipinski definition) is 3. The SMILES string of the molecule is CCOc1ccccc1[C@H](C(F)F)N1CCNCC1.Cl.Cl. The molecule has 0 spiro atoms. The summed E-state index contributed by atoms with van der Waals surface area (Å²) in [6, 6.07) is 6.22. The van der Waals surface area contributed by atoms with Crippen molar-refractivity contribution in [2.75, 3.05) is 32.8 Å². The summed E-state index contributed by atoms with van der Waals surface area (Å²) in [6.45, 7) is 5.11. The molecule has 1 aromatic carbocycles. The van der Waals surface area contributed by atoms with E-state index in [1.807, 2.05) is 17.9 Å². The Balaban J connectivity index is 0.00000200. The molecule has 0 saturated carbocycles. The number of nitrogens with one attached hydrogen (secondary N) is 1. The van der Waals surface area contributed by atoms with Gasteiger partial charge in [0.05, 0.1) is 12.6 Å². The van der Waals surface area contributed by atoms with Crippen LogP contribution in [0.2, 0.25) is 0 Å². The van der Waals surface area contributed by atoms with E-state index in [1.54, 1.807) is 18.2 Å². The minimum atomic E-state index is -2.42. The summed E-state index contributed by atoms with van der Waals surface area (Å²) in [5.41, 5.74) is 0.584. The summed E-state index contributed by atoms with van der Waals surface area (Å²) in [5, 5.41) is 3.18. The van der Waals surface area contributed by atoms with E-state index in [1.165, 1.54) is 0 Å². The van der Waals surface area contributed by atoms with Crippen molar-refractivity contribution in [1.82, 2.24) is 10.2 Å². The van der Waals surface area contributed by atoms with E-state index < -0.39 is 12.5 Å². The van der Waals surface area contributed by atoms with Gasteiger partial charge in [0.25, 0.3) is 6.43 Å². The summed E-state index contributed by atoms with van der Waals surface area (Å²) in [4.78, 5) is 1.83. The minimum Gasteiger partial charge on any atom is -0.494 e. The summed E-state index contributed by atoms with van der Waals surface area (Å²) >= 11 is 0. The fourth-order valence-corrected chi connectivity index (χ4v) is 2.46. The highest BCUT2D eigenvalue weighted by molar-refractivity contribution is 5.85. The summed E-state index contributed by atoms with van der Waals surface area (Å²) in [7, 11) is 0. The molecule has 1 aliphatic heterocycles. The van der Waals surface area contributed by atoms with Crippen molar-refractivity contribution in [2.45, 2.75) is 19.4 Å². The topological polar surface area (TPSA) is 24.5 Å². The fraction of sp³-hybridized carbons (Fsp3) is 0.571. The number of halogens is 4.